The molecule has 1 aliphatic rings. The number of hydrogen-bond acceptors (Lipinski definition) is 4. The molecule has 0 radical (unpaired) electrons. The topological polar surface area (TPSA) is 76.7 Å². The van der Waals surface area contributed by atoms with Gasteiger partial charge < -0.3 is 20.1 Å². The largest absolute Gasteiger partial charge is 0.465 e. The molecule has 0 aromatic carbocycles. The number of ether oxygens (including phenoxy) is 2. The molecular weight excluding hydrogens is 236 g/mol. The highest BCUT2D eigenvalue weighted by atomic mass is 16.7. The van der Waals surface area contributed by atoms with E-state index in [2.05, 4.69) is 10.6 Å². The molecule has 0 saturated heterocycles. The van der Waals surface area contributed by atoms with E-state index in [1.807, 2.05) is 13.0 Å². The molecule has 0 aliphatic carbocycles. The molecule has 0 fully saturated rings. The van der Waals surface area contributed by atoms with Crippen LogP contribution in [0.15, 0.2) is 11.8 Å². The average molecular weight is 256 g/mol. The van der Waals surface area contributed by atoms with Crippen molar-refractivity contribution in [2.45, 2.75) is 39.5 Å². The molecule has 2 atom stereocenters. The lowest BCUT2D eigenvalue weighted by Crippen LogP contribution is -2.47. The monoisotopic (exact) mass is 256 g/mol. The second kappa shape index (κ2) is 7.00. The molecular formula is C12H20N2O4. The zero-order chi connectivity index (χ0) is 13.5. The molecule has 1 heterocycles. The SMILES string of the molecule is CCO[C@H]1OC(CNC(C)=O)=CC[C@H]1NC(C)=O. The molecule has 1 aliphatic heterocycles. The van der Waals surface area contributed by atoms with E-state index in [1.54, 1.807) is 0 Å². The maximum Gasteiger partial charge on any atom is 0.220 e. The Bertz CT molecular complexity index is 341. The second-order valence-electron chi connectivity index (χ2n) is 4.06. The van der Waals surface area contributed by atoms with Gasteiger partial charge >= 0.3 is 0 Å². The third-order valence-corrected chi connectivity index (χ3v) is 2.43. The first-order valence-corrected chi connectivity index (χ1v) is 6.01. The summed E-state index contributed by atoms with van der Waals surface area (Å²) < 4.78 is 11.0. The first kappa shape index (κ1) is 14.5. The molecule has 0 spiro atoms. The predicted molar refractivity (Wildman–Crippen MR) is 65.5 cm³/mol. The van der Waals surface area contributed by atoms with Crippen LogP contribution in [-0.2, 0) is 19.1 Å². The Hall–Kier alpha value is -1.56. The van der Waals surface area contributed by atoms with Gasteiger partial charge in [0, 0.05) is 20.5 Å². The van der Waals surface area contributed by atoms with Gasteiger partial charge in [0.1, 0.15) is 5.76 Å². The van der Waals surface area contributed by atoms with Crippen LogP contribution in [0.3, 0.4) is 0 Å². The zero-order valence-electron chi connectivity index (χ0n) is 11.0. The van der Waals surface area contributed by atoms with E-state index in [-0.39, 0.29) is 17.9 Å². The maximum absolute atomic E-state index is 11.1. The second-order valence-corrected chi connectivity index (χ2v) is 4.06. The van der Waals surface area contributed by atoms with Gasteiger partial charge in [0.15, 0.2) is 0 Å². The molecule has 2 N–H and O–H groups in total. The fraction of sp³-hybridized carbons (Fsp3) is 0.667. The first-order chi connectivity index (χ1) is 8.52. The minimum absolute atomic E-state index is 0.114. The lowest BCUT2D eigenvalue weighted by Gasteiger charge is -2.32. The van der Waals surface area contributed by atoms with Gasteiger partial charge in [-0.3, -0.25) is 9.59 Å². The summed E-state index contributed by atoms with van der Waals surface area (Å²) in [6.45, 7) is 5.60. The van der Waals surface area contributed by atoms with Gasteiger partial charge in [-0.15, -0.1) is 0 Å². The van der Waals surface area contributed by atoms with Gasteiger partial charge in [-0.1, -0.05) is 0 Å². The van der Waals surface area contributed by atoms with E-state index in [9.17, 15) is 9.59 Å². The quantitative estimate of drug-likeness (QED) is 0.741. The van der Waals surface area contributed by atoms with Crippen LogP contribution >= 0.6 is 0 Å². The van der Waals surface area contributed by atoms with Crippen LogP contribution in [0.2, 0.25) is 0 Å². The van der Waals surface area contributed by atoms with E-state index >= 15 is 0 Å². The number of amides is 2. The van der Waals surface area contributed by atoms with Crippen molar-refractivity contribution < 1.29 is 19.1 Å². The Balaban J connectivity index is 2.58. The lowest BCUT2D eigenvalue weighted by molar-refractivity contribution is -0.147. The highest BCUT2D eigenvalue weighted by molar-refractivity contribution is 5.73. The molecule has 6 nitrogen and oxygen atoms in total. The van der Waals surface area contributed by atoms with Crippen molar-refractivity contribution in [3.8, 4) is 0 Å². The van der Waals surface area contributed by atoms with Gasteiger partial charge in [-0.25, -0.2) is 0 Å². The Morgan fingerprint density at radius 1 is 1.44 bits per heavy atom. The normalized spacial score (nSPS) is 22.7. The van der Waals surface area contributed by atoms with Gasteiger partial charge in [0.25, 0.3) is 0 Å². The Labute approximate surface area is 107 Å². The molecule has 1 rings (SSSR count). The summed E-state index contributed by atoms with van der Waals surface area (Å²) in [5.74, 6) is 0.425. The van der Waals surface area contributed by atoms with Gasteiger partial charge in [-0.2, -0.15) is 0 Å². The standard InChI is InChI=1S/C12H20N2O4/c1-4-17-12-11(14-9(3)16)6-5-10(18-12)7-13-8(2)15/h5,11-12H,4,6-7H2,1-3H3,(H,13,15)(H,14,16)/t11-,12+/m1/s1. The first-order valence-electron chi connectivity index (χ1n) is 6.01. The van der Waals surface area contributed by atoms with E-state index < -0.39 is 6.29 Å². The minimum Gasteiger partial charge on any atom is -0.465 e. The molecule has 2 amide bonds. The summed E-state index contributed by atoms with van der Waals surface area (Å²) in [7, 11) is 0. The Morgan fingerprint density at radius 3 is 2.72 bits per heavy atom. The Morgan fingerprint density at radius 2 is 2.17 bits per heavy atom. The number of carbonyl (C=O) groups excluding carboxylic acids is 2. The van der Waals surface area contributed by atoms with Crippen LogP contribution < -0.4 is 10.6 Å². The van der Waals surface area contributed by atoms with Crippen LogP contribution in [0, 0.1) is 0 Å². The number of carbonyl (C=O) groups is 2. The van der Waals surface area contributed by atoms with Crippen molar-refractivity contribution >= 4 is 11.8 Å². The molecule has 18 heavy (non-hydrogen) atoms. The highest BCUT2D eigenvalue weighted by Crippen LogP contribution is 2.18. The summed E-state index contributed by atoms with van der Waals surface area (Å²) in [6, 6.07) is -0.191. The van der Waals surface area contributed by atoms with Crippen LogP contribution in [0.4, 0.5) is 0 Å². The predicted octanol–water partition coefficient (Wildman–Crippen LogP) is 0.294. The Kier molecular flexibility index (Phi) is 5.64. The minimum atomic E-state index is -0.507. The summed E-state index contributed by atoms with van der Waals surface area (Å²) in [5, 5.41) is 5.44. The van der Waals surface area contributed by atoms with Crippen molar-refractivity contribution in [2.24, 2.45) is 0 Å². The molecule has 0 bridgehead atoms. The summed E-state index contributed by atoms with van der Waals surface area (Å²) in [4.78, 5) is 21.9. The van der Waals surface area contributed by atoms with Crippen molar-refractivity contribution in [3.05, 3.63) is 11.8 Å². The number of rotatable bonds is 5. The van der Waals surface area contributed by atoms with Crippen molar-refractivity contribution in [3.63, 3.8) is 0 Å². The molecule has 0 saturated carbocycles. The summed E-state index contributed by atoms with van der Waals surface area (Å²) in [6.07, 6.45) is 1.97. The fourth-order valence-electron chi connectivity index (χ4n) is 1.68. The maximum atomic E-state index is 11.1. The van der Waals surface area contributed by atoms with Crippen molar-refractivity contribution in [1.29, 1.82) is 0 Å². The van der Waals surface area contributed by atoms with Crippen LogP contribution in [-0.4, -0.2) is 37.3 Å². The molecule has 6 heteroatoms. The molecule has 0 unspecified atom stereocenters. The van der Waals surface area contributed by atoms with E-state index in [4.69, 9.17) is 9.47 Å². The van der Waals surface area contributed by atoms with Crippen LogP contribution in [0.5, 0.6) is 0 Å². The molecule has 0 aromatic rings. The zero-order valence-corrected chi connectivity index (χ0v) is 11.0. The smallest absolute Gasteiger partial charge is 0.220 e. The fourth-order valence-corrected chi connectivity index (χ4v) is 1.68. The molecule has 0 aromatic heterocycles. The summed E-state index contributed by atoms with van der Waals surface area (Å²) >= 11 is 0. The van der Waals surface area contributed by atoms with Crippen LogP contribution in [0.25, 0.3) is 0 Å². The van der Waals surface area contributed by atoms with Gasteiger partial charge in [-0.05, 0) is 19.4 Å². The van der Waals surface area contributed by atoms with Gasteiger partial charge in [0.2, 0.25) is 18.1 Å². The van der Waals surface area contributed by atoms with E-state index in [1.165, 1.54) is 13.8 Å². The van der Waals surface area contributed by atoms with Crippen molar-refractivity contribution in [2.75, 3.05) is 13.2 Å². The highest BCUT2D eigenvalue weighted by Gasteiger charge is 2.28. The van der Waals surface area contributed by atoms with E-state index in [0.717, 1.165) is 0 Å². The van der Waals surface area contributed by atoms with E-state index in [0.29, 0.717) is 25.3 Å². The number of nitrogens with one attached hydrogen (secondary N) is 2. The third-order valence-electron chi connectivity index (χ3n) is 2.43. The van der Waals surface area contributed by atoms with Crippen LogP contribution in [0.1, 0.15) is 27.2 Å². The van der Waals surface area contributed by atoms with Gasteiger partial charge in [0.05, 0.1) is 12.6 Å². The summed E-state index contributed by atoms with van der Waals surface area (Å²) in [5.41, 5.74) is 0. The lowest BCUT2D eigenvalue weighted by atomic mass is 10.1. The number of hydrogen-bond donors (Lipinski definition) is 2. The third kappa shape index (κ3) is 4.75. The molecule has 102 valence electrons. The van der Waals surface area contributed by atoms with Crippen molar-refractivity contribution in [1.82, 2.24) is 10.6 Å². The average Bonchev–Trinajstić information content (AvgIpc) is 2.29.